The highest BCUT2D eigenvalue weighted by Gasteiger charge is 2.54. The summed E-state index contributed by atoms with van der Waals surface area (Å²) in [6, 6.07) is 6.57. The molecule has 1 spiro atoms. The second-order valence-electron chi connectivity index (χ2n) is 6.81. The quantitative estimate of drug-likeness (QED) is 0.922. The number of aliphatic carboxylic acids is 1. The van der Waals surface area contributed by atoms with Gasteiger partial charge in [0.25, 0.3) is 0 Å². The lowest BCUT2D eigenvalue weighted by molar-refractivity contribution is -0.144. The summed E-state index contributed by atoms with van der Waals surface area (Å²) >= 11 is 3.57. The van der Waals surface area contributed by atoms with Gasteiger partial charge >= 0.3 is 5.97 Å². The summed E-state index contributed by atoms with van der Waals surface area (Å²) in [4.78, 5) is 13.8. The molecule has 0 radical (unpaired) electrons. The molecular formula is C16H18BrNO2. The Bertz CT molecular complexity index is 590. The lowest BCUT2D eigenvalue weighted by Crippen LogP contribution is -2.42. The summed E-state index contributed by atoms with van der Waals surface area (Å²) in [6.07, 6.45) is 4.18. The van der Waals surface area contributed by atoms with Gasteiger partial charge in [0.1, 0.15) is 0 Å². The van der Waals surface area contributed by atoms with Gasteiger partial charge in [-0.05, 0) is 48.9 Å². The Morgan fingerprint density at radius 1 is 1.30 bits per heavy atom. The predicted molar refractivity (Wildman–Crippen MR) is 79.6 cm³/mol. The van der Waals surface area contributed by atoms with Crippen LogP contribution in [0.5, 0.6) is 0 Å². The summed E-state index contributed by atoms with van der Waals surface area (Å²) in [6.45, 7) is 2.66. The number of carboxylic acid groups (broad SMARTS) is 1. The van der Waals surface area contributed by atoms with Gasteiger partial charge in [0.2, 0.25) is 0 Å². The van der Waals surface area contributed by atoms with Gasteiger partial charge in [0.15, 0.2) is 0 Å². The Labute approximate surface area is 127 Å². The number of halogens is 1. The van der Waals surface area contributed by atoms with Gasteiger partial charge in [-0.25, -0.2) is 0 Å². The number of hydrogen-bond donors (Lipinski definition) is 1. The Kier molecular flexibility index (Phi) is 2.62. The number of rotatable bonds is 3. The SMILES string of the molecule is O=C(O)C1(CN2Cc3ccc(Br)cc3C3(CC3)C2)CC1. The average Bonchev–Trinajstić information content (AvgIpc) is 3.29. The largest absolute Gasteiger partial charge is 0.481 e. The van der Waals surface area contributed by atoms with E-state index in [2.05, 4.69) is 39.0 Å². The summed E-state index contributed by atoms with van der Waals surface area (Å²) in [5.74, 6) is -0.607. The van der Waals surface area contributed by atoms with E-state index in [1.54, 1.807) is 0 Å². The molecule has 1 heterocycles. The topological polar surface area (TPSA) is 40.5 Å². The highest BCUT2D eigenvalue weighted by atomic mass is 79.9. The summed E-state index contributed by atoms with van der Waals surface area (Å²) in [7, 11) is 0. The summed E-state index contributed by atoms with van der Waals surface area (Å²) < 4.78 is 1.15. The minimum atomic E-state index is -0.607. The molecule has 4 rings (SSSR count). The number of nitrogens with zero attached hydrogens (tertiary/aromatic N) is 1. The van der Waals surface area contributed by atoms with Gasteiger partial charge in [-0.3, -0.25) is 9.69 Å². The van der Waals surface area contributed by atoms with Crippen LogP contribution in [-0.4, -0.2) is 29.1 Å². The molecule has 2 aliphatic carbocycles. The Hall–Kier alpha value is -0.870. The van der Waals surface area contributed by atoms with Crippen molar-refractivity contribution >= 4 is 21.9 Å². The molecule has 2 saturated carbocycles. The maximum absolute atomic E-state index is 11.4. The molecule has 1 aromatic rings. The van der Waals surface area contributed by atoms with E-state index in [9.17, 15) is 9.90 Å². The number of carbonyl (C=O) groups is 1. The van der Waals surface area contributed by atoms with Crippen molar-refractivity contribution in [2.24, 2.45) is 5.41 Å². The first kappa shape index (κ1) is 12.8. The molecule has 3 nitrogen and oxygen atoms in total. The zero-order valence-corrected chi connectivity index (χ0v) is 12.9. The van der Waals surface area contributed by atoms with Crippen molar-refractivity contribution in [3.8, 4) is 0 Å². The van der Waals surface area contributed by atoms with Gasteiger partial charge in [0, 0.05) is 29.5 Å². The van der Waals surface area contributed by atoms with Crippen LogP contribution < -0.4 is 0 Å². The monoisotopic (exact) mass is 335 g/mol. The van der Waals surface area contributed by atoms with Gasteiger partial charge in [0.05, 0.1) is 5.41 Å². The van der Waals surface area contributed by atoms with E-state index in [0.717, 1.165) is 36.9 Å². The second kappa shape index (κ2) is 4.08. The molecule has 1 aliphatic heterocycles. The van der Waals surface area contributed by atoms with Gasteiger partial charge in [-0.2, -0.15) is 0 Å². The lowest BCUT2D eigenvalue weighted by Gasteiger charge is -2.36. The molecule has 1 aromatic carbocycles. The van der Waals surface area contributed by atoms with Crippen molar-refractivity contribution in [3.63, 3.8) is 0 Å². The highest BCUT2D eigenvalue weighted by molar-refractivity contribution is 9.10. The molecule has 106 valence electrons. The van der Waals surface area contributed by atoms with E-state index in [1.807, 2.05) is 0 Å². The fraction of sp³-hybridized carbons (Fsp3) is 0.562. The molecule has 0 saturated heterocycles. The van der Waals surface area contributed by atoms with Crippen LogP contribution in [0, 0.1) is 5.41 Å². The summed E-state index contributed by atoms with van der Waals surface area (Å²) in [5, 5.41) is 9.38. The average molecular weight is 336 g/mol. The second-order valence-corrected chi connectivity index (χ2v) is 7.73. The normalized spacial score (nSPS) is 25.2. The molecule has 3 aliphatic rings. The van der Waals surface area contributed by atoms with Crippen LogP contribution >= 0.6 is 15.9 Å². The van der Waals surface area contributed by atoms with E-state index < -0.39 is 11.4 Å². The smallest absolute Gasteiger partial charge is 0.310 e. The van der Waals surface area contributed by atoms with Crippen LogP contribution in [0.3, 0.4) is 0 Å². The Morgan fingerprint density at radius 2 is 2.05 bits per heavy atom. The third-order valence-electron chi connectivity index (χ3n) is 5.25. The molecular weight excluding hydrogens is 318 g/mol. The number of benzene rings is 1. The molecule has 0 aromatic heterocycles. The summed E-state index contributed by atoms with van der Waals surface area (Å²) in [5.41, 5.74) is 2.75. The predicted octanol–water partition coefficient (Wildman–Crippen LogP) is 3.16. The van der Waals surface area contributed by atoms with Crippen molar-refractivity contribution in [1.82, 2.24) is 4.90 Å². The number of hydrogen-bond acceptors (Lipinski definition) is 2. The van der Waals surface area contributed by atoms with Gasteiger partial charge in [-0.15, -0.1) is 0 Å². The zero-order valence-electron chi connectivity index (χ0n) is 11.4. The van der Waals surface area contributed by atoms with Gasteiger partial charge in [-0.1, -0.05) is 22.0 Å². The zero-order chi connectivity index (χ0) is 14.0. The van der Waals surface area contributed by atoms with Crippen LogP contribution in [0.1, 0.15) is 36.8 Å². The van der Waals surface area contributed by atoms with Crippen LogP contribution in [0.2, 0.25) is 0 Å². The number of fused-ring (bicyclic) bond motifs is 2. The Balaban J connectivity index is 1.61. The van der Waals surface area contributed by atoms with Crippen LogP contribution in [0.4, 0.5) is 0 Å². The van der Waals surface area contributed by atoms with Gasteiger partial charge < -0.3 is 5.11 Å². The first-order valence-electron chi connectivity index (χ1n) is 7.28. The Morgan fingerprint density at radius 3 is 2.65 bits per heavy atom. The van der Waals surface area contributed by atoms with E-state index in [4.69, 9.17) is 0 Å². The molecule has 4 heteroatoms. The van der Waals surface area contributed by atoms with Crippen LogP contribution in [0.15, 0.2) is 22.7 Å². The van der Waals surface area contributed by atoms with E-state index in [0.29, 0.717) is 5.41 Å². The van der Waals surface area contributed by atoms with Crippen LogP contribution in [0.25, 0.3) is 0 Å². The van der Waals surface area contributed by atoms with Crippen molar-refractivity contribution in [2.45, 2.75) is 37.6 Å². The standard InChI is InChI=1S/C16H18BrNO2/c17-12-2-1-11-8-18(10-16(5-6-16)14(19)20)9-15(3-4-15)13(11)7-12/h1-2,7H,3-6,8-10H2,(H,19,20). The fourth-order valence-corrected chi connectivity index (χ4v) is 4.06. The van der Waals surface area contributed by atoms with E-state index >= 15 is 0 Å². The molecule has 1 N–H and O–H groups in total. The van der Waals surface area contributed by atoms with Crippen molar-refractivity contribution in [2.75, 3.05) is 13.1 Å². The third-order valence-corrected chi connectivity index (χ3v) is 5.74. The molecule has 0 amide bonds. The maximum atomic E-state index is 11.4. The minimum absolute atomic E-state index is 0.311. The third kappa shape index (κ3) is 1.92. The first-order valence-corrected chi connectivity index (χ1v) is 8.07. The van der Waals surface area contributed by atoms with E-state index in [1.165, 1.54) is 24.0 Å². The molecule has 0 bridgehead atoms. The number of carboxylic acids is 1. The molecule has 2 fully saturated rings. The van der Waals surface area contributed by atoms with Crippen LogP contribution in [-0.2, 0) is 16.8 Å². The van der Waals surface area contributed by atoms with Crippen molar-refractivity contribution in [3.05, 3.63) is 33.8 Å². The van der Waals surface area contributed by atoms with E-state index in [-0.39, 0.29) is 0 Å². The molecule has 0 unspecified atom stereocenters. The molecule has 20 heavy (non-hydrogen) atoms. The fourth-order valence-electron chi connectivity index (χ4n) is 3.70. The maximum Gasteiger partial charge on any atom is 0.310 e. The first-order chi connectivity index (χ1) is 9.53. The molecule has 0 atom stereocenters. The van der Waals surface area contributed by atoms with Crippen molar-refractivity contribution < 1.29 is 9.90 Å². The minimum Gasteiger partial charge on any atom is -0.481 e. The van der Waals surface area contributed by atoms with Crippen molar-refractivity contribution in [1.29, 1.82) is 0 Å². The lowest BCUT2D eigenvalue weighted by atomic mass is 9.86. The highest BCUT2D eigenvalue weighted by Crippen LogP contribution is 2.54.